The van der Waals surface area contributed by atoms with Crippen molar-refractivity contribution in [3.05, 3.63) is 47.4 Å². The van der Waals surface area contributed by atoms with Gasteiger partial charge in [-0.3, -0.25) is 4.79 Å². The van der Waals surface area contributed by atoms with E-state index in [9.17, 15) is 9.90 Å². The van der Waals surface area contributed by atoms with Crippen molar-refractivity contribution in [1.29, 1.82) is 0 Å². The van der Waals surface area contributed by atoms with Gasteiger partial charge in [0.1, 0.15) is 12.2 Å². The molecule has 0 spiro atoms. The van der Waals surface area contributed by atoms with Crippen LogP contribution in [0.15, 0.2) is 41.8 Å². The van der Waals surface area contributed by atoms with Gasteiger partial charge in [-0.05, 0) is 5.56 Å². The van der Waals surface area contributed by atoms with Gasteiger partial charge in [-0.1, -0.05) is 30.3 Å². The van der Waals surface area contributed by atoms with Gasteiger partial charge in [-0.15, -0.1) is 0 Å². The normalized spacial score (nSPS) is 30.5. The zero-order chi connectivity index (χ0) is 16.9. The summed E-state index contributed by atoms with van der Waals surface area (Å²) in [5, 5.41) is 10.2. The van der Waals surface area contributed by atoms with Crippen LogP contribution < -0.4 is 0 Å². The topological polar surface area (TPSA) is 68.2 Å². The molecule has 6 heteroatoms. The first-order valence-electron chi connectivity index (χ1n) is 8.19. The molecule has 4 rings (SSSR count). The minimum Gasteiger partial charge on any atom is -0.462 e. The number of rotatable bonds is 4. The van der Waals surface area contributed by atoms with Crippen LogP contribution in [0.3, 0.4) is 0 Å². The molecule has 2 fully saturated rings. The lowest BCUT2D eigenvalue weighted by Crippen LogP contribution is -2.43. The number of fused-ring (bicyclic) bond motifs is 2. The fourth-order valence-electron chi connectivity index (χ4n) is 3.63. The van der Waals surface area contributed by atoms with Crippen LogP contribution in [0.1, 0.15) is 25.8 Å². The standard InChI is InChI=1S/C18H21NO5/c1-18(2)23-16-12(10-22-9-11-6-4-3-5-7-11)19-14(21)8-13(20)15(19)17(16)24-18/h3-7,12-13,16,20H,8-10H2,1-2H3. The number of ether oxygens (including phenoxy) is 3. The van der Waals surface area contributed by atoms with Crippen molar-refractivity contribution in [2.75, 3.05) is 6.61 Å². The van der Waals surface area contributed by atoms with E-state index in [2.05, 4.69) is 0 Å². The van der Waals surface area contributed by atoms with Crippen LogP contribution in [0.4, 0.5) is 0 Å². The Bertz CT molecular complexity index is 684. The molecule has 24 heavy (non-hydrogen) atoms. The van der Waals surface area contributed by atoms with Gasteiger partial charge in [-0.2, -0.15) is 0 Å². The van der Waals surface area contributed by atoms with E-state index in [1.165, 1.54) is 0 Å². The summed E-state index contributed by atoms with van der Waals surface area (Å²) in [5.41, 5.74) is 1.62. The minimum absolute atomic E-state index is 0.0878. The zero-order valence-electron chi connectivity index (χ0n) is 13.8. The summed E-state index contributed by atoms with van der Waals surface area (Å²) in [6, 6.07) is 9.56. The highest BCUT2D eigenvalue weighted by atomic mass is 16.7. The van der Waals surface area contributed by atoms with Gasteiger partial charge in [0.05, 0.1) is 31.4 Å². The fraction of sp³-hybridized carbons (Fsp3) is 0.500. The van der Waals surface area contributed by atoms with E-state index in [4.69, 9.17) is 14.2 Å². The molecular weight excluding hydrogens is 310 g/mol. The highest BCUT2D eigenvalue weighted by Crippen LogP contribution is 2.46. The highest BCUT2D eigenvalue weighted by molar-refractivity contribution is 5.84. The molecule has 1 aromatic carbocycles. The number of aliphatic hydroxyl groups is 1. The van der Waals surface area contributed by atoms with E-state index in [1.807, 2.05) is 44.2 Å². The highest BCUT2D eigenvalue weighted by Gasteiger charge is 2.57. The van der Waals surface area contributed by atoms with Gasteiger partial charge in [0.15, 0.2) is 5.76 Å². The van der Waals surface area contributed by atoms with Crippen LogP contribution in [0.5, 0.6) is 0 Å². The Morgan fingerprint density at radius 3 is 2.83 bits per heavy atom. The summed E-state index contributed by atoms with van der Waals surface area (Å²) in [4.78, 5) is 13.9. The Hall–Kier alpha value is -1.89. The second kappa shape index (κ2) is 5.58. The minimum atomic E-state index is -0.827. The molecule has 3 aliphatic heterocycles. The third-order valence-electron chi connectivity index (χ3n) is 4.57. The second-order valence-electron chi connectivity index (χ2n) is 6.84. The van der Waals surface area contributed by atoms with Crippen LogP contribution in [-0.2, 0) is 25.6 Å². The molecule has 0 aromatic heterocycles. The van der Waals surface area contributed by atoms with Crippen LogP contribution in [-0.4, -0.2) is 46.6 Å². The van der Waals surface area contributed by atoms with Gasteiger partial charge in [0.2, 0.25) is 11.7 Å². The lowest BCUT2D eigenvalue weighted by molar-refractivity contribution is -0.155. The van der Waals surface area contributed by atoms with Crippen molar-refractivity contribution in [1.82, 2.24) is 4.90 Å². The van der Waals surface area contributed by atoms with Crippen LogP contribution in [0.25, 0.3) is 0 Å². The van der Waals surface area contributed by atoms with Crippen molar-refractivity contribution in [3.63, 3.8) is 0 Å². The molecule has 2 saturated heterocycles. The molecule has 1 N–H and O–H groups in total. The molecule has 0 saturated carbocycles. The summed E-state index contributed by atoms with van der Waals surface area (Å²) < 4.78 is 17.6. The maximum absolute atomic E-state index is 12.3. The largest absolute Gasteiger partial charge is 0.462 e. The molecule has 128 valence electrons. The van der Waals surface area contributed by atoms with Crippen LogP contribution >= 0.6 is 0 Å². The van der Waals surface area contributed by atoms with Crippen molar-refractivity contribution in [3.8, 4) is 0 Å². The monoisotopic (exact) mass is 331 g/mol. The van der Waals surface area contributed by atoms with Crippen molar-refractivity contribution in [2.24, 2.45) is 0 Å². The first-order valence-corrected chi connectivity index (χ1v) is 8.19. The summed E-state index contributed by atoms with van der Waals surface area (Å²) in [6.07, 6.45) is -1.12. The maximum Gasteiger partial charge on any atom is 0.230 e. The van der Waals surface area contributed by atoms with Gasteiger partial charge in [-0.25, -0.2) is 0 Å². The van der Waals surface area contributed by atoms with Gasteiger partial charge in [0.25, 0.3) is 0 Å². The molecule has 3 aliphatic rings. The average Bonchev–Trinajstić information content (AvgIpc) is 3.09. The first kappa shape index (κ1) is 15.6. The number of hydrogen-bond acceptors (Lipinski definition) is 5. The number of aliphatic hydroxyl groups excluding tert-OH is 1. The maximum atomic E-state index is 12.3. The quantitative estimate of drug-likeness (QED) is 0.906. The van der Waals surface area contributed by atoms with Crippen molar-refractivity contribution in [2.45, 2.75) is 50.9 Å². The lowest BCUT2D eigenvalue weighted by Gasteiger charge is -2.28. The molecule has 1 amide bonds. The smallest absolute Gasteiger partial charge is 0.230 e. The Morgan fingerprint density at radius 2 is 2.08 bits per heavy atom. The number of carbonyl (C=O) groups excluding carboxylic acids is 1. The molecule has 0 bridgehead atoms. The second-order valence-corrected chi connectivity index (χ2v) is 6.84. The van der Waals surface area contributed by atoms with E-state index < -0.39 is 11.9 Å². The molecule has 0 radical (unpaired) electrons. The zero-order valence-corrected chi connectivity index (χ0v) is 13.8. The lowest BCUT2D eigenvalue weighted by atomic mass is 10.1. The summed E-state index contributed by atoms with van der Waals surface area (Å²) in [7, 11) is 0. The summed E-state index contributed by atoms with van der Waals surface area (Å²) in [6.45, 7) is 4.44. The Labute approximate surface area is 140 Å². The number of carbonyl (C=O) groups is 1. The SMILES string of the molecule is CC1(C)OC2=C3C(O)CC(=O)N3C(COCc3ccccc3)C2O1. The fourth-order valence-corrected chi connectivity index (χ4v) is 3.63. The number of amides is 1. The molecule has 6 nitrogen and oxygen atoms in total. The predicted octanol–water partition coefficient (Wildman–Crippen LogP) is 1.54. The van der Waals surface area contributed by atoms with Crippen LogP contribution in [0.2, 0.25) is 0 Å². The first-order chi connectivity index (χ1) is 11.5. The Morgan fingerprint density at radius 1 is 1.33 bits per heavy atom. The van der Waals surface area contributed by atoms with E-state index >= 15 is 0 Å². The van der Waals surface area contributed by atoms with E-state index in [1.54, 1.807) is 4.90 Å². The molecule has 0 aliphatic carbocycles. The molecule has 3 heterocycles. The van der Waals surface area contributed by atoms with E-state index in [0.29, 0.717) is 24.7 Å². The third kappa shape index (κ3) is 2.51. The number of nitrogens with zero attached hydrogens (tertiary/aromatic N) is 1. The number of benzene rings is 1. The van der Waals surface area contributed by atoms with Gasteiger partial charge in [0, 0.05) is 13.8 Å². The predicted molar refractivity (Wildman–Crippen MR) is 84.4 cm³/mol. The molecular formula is C18H21NO5. The average molecular weight is 331 g/mol. The van der Waals surface area contributed by atoms with Gasteiger partial charge < -0.3 is 24.2 Å². The molecule has 3 unspecified atom stereocenters. The Kier molecular flexibility index (Phi) is 3.63. The van der Waals surface area contributed by atoms with Crippen molar-refractivity contribution < 1.29 is 24.1 Å². The number of hydrogen-bond donors (Lipinski definition) is 1. The van der Waals surface area contributed by atoms with Crippen molar-refractivity contribution >= 4 is 5.91 Å². The van der Waals surface area contributed by atoms with E-state index in [-0.39, 0.29) is 24.5 Å². The Balaban J connectivity index is 1.52. The molecule has 1 aromatic rings. The third-order valence-corrected chi connectivity index (χ3v) is 4.57. The van der Waals surface area contributed by atoms with Gasteiger partial charge >= 0.3 is 0 Å². The van der Waals surface area contributed by atoms with Crippen LogP contribution in [0, 0.1) is 0 Å². The molecule has 3 atom stereocenters. The van der Waals surface area contributed by atoms with E-state index in [0.717, 1.165) is 5.56 Å². The summed E-state index contributed by atoms with van der Waals surface area (Å²) >= 11 is 0. The summed E-state index contributed by atoms with van der Waals surface area (Å²) in [5.74, 6) is -0.299.